The molecule has 0 amide bonds. The van der Waals surface area contributed by atoms with E-state index >= 15 is 0 Å². The monoisotopic (exact) mass is 313 g/mol. The third-order valence-corrected chi connectivity index (χ3v) is 10.3. The van der Waals surface area contributed by atoms with Gasteiger partial charge in [0.05, 0.1) is 0 Å². The number of hydrogen-bond donors (Lipinski definition) is 0. The van der Waals surface area contributed by atoms with Crippen LogP contribution in [0.15, 0.2) is 11.3 Å². The van der Waals surface area contributed by atoms with Crippen molar-refractivity contribution in [2.24, 2.45) is 0 Å². The molecule has 0 heterocycles. The minimum absolute atomic E-state index is 0.0752. The molecule has 0 rings (SSSR count). The first-order chi connectivity index (χ1) is 9.47. The molecule has 0 saturated carbocycles. The van der Waals surface area contributed by atoms with Crippen LogP contribution in [-0.4, -0.2) is 35.4 Å². The van der Waals surface area contributed by atoms with Gasteiger partial charge in [0, 0.05) is 9.52 Å². The Labute approximate surface area is 132 Å². The lowest BCUT2D eigenvalue weighted by atomic mass is 10.3. The van der Waals surface area contributed by atoms with Crippen LogP contribution >= 0.6 is 0 Å². The standard InChI is InChI=1S/C17H39NSi2/c1-7-10-13-18(14-11-8-2)20(5,6)16-12-15-19-17(4)9-3/h9H,7-8,10-16,19H2,1-6H3. The van der Waals surface area contributed by atoms with Crippen molar-refractivity contribution in [1.29, 1.82) is 0 Å². The van der Waals surface area contributed by atoms with Crippen molar-refractivity contribution in [2.75, 3.05) is 13.1 Å². The first kappa shape index (κ1) is 20.1. The normalized spacial score (nSPS) is 13.8. The molecule has 0 N–H and O–H groups in total. The zero-order valence-electron chi connectivity index (χ0n) is 15.1. The Balaban J connectivity index is 4.22. The maximum absolute atomic E-state index is 2.89. The van der Waals surface area contributed by atoms with Gasteiger partial charge < -0.3 is 4.57 Å². The fourth-order valence-corrected chi connectivity index (χ4v) is 7.48. The van der Waals surface area contributed by atoms with E-state index in [1.54, 1.807) is 5.20 Å². The van der Waals surface area contributed by atoms with Crippen molar-refractivity contribution in [2.45, 2.75) is 85.0 Å². The Hall–Kier alpha value is 0.134. The van der Waals surface area contributed by atoms with Gasteiger partial charge in [-0.3, -0.25) is 0 Å². The molecular formula is C17H39NSi2. The highest BCUT2D eigenvalue weighted by Crippen LogP contribution is 2.20. The average Bonchev–Trinajstić information content (AvgIpc) is 2.43. The van der Waals surface area contributed by atoms with E-state index in [-0.39, 0.29) is 9.52 Å². The van der Waals surface area contributed by atoms with Crippen LogP contribution in [-0.2, 0) is 0 Å². The van der Waals surface area contributed by atoms with Crippen LogP contribution in [0.1, 0.15) is 59.8 Å². The quantitative estimate of drug-likeness (QED) is 0.362. The van der Waals surface area contributed by atoms with Crippen LogP contribution in [0.4, 0.5) is 0 Å². The molecule has 0 saturated heterocycles. The summed E-state index contributed by atoms with van der Waals surface area (Å²) in [5, 5.41) is 1.69. The van der Waals surface area contributed by atoms with Crippen LogP contribution in [0.3, 0.4) is 0 Å². The number of nitrogens with zero attached hydrogens (tertiary/aromatic N) is 1. The summed E-state index contributed by atoms with van der Waals surface area (Å²) in [6.45, 7) is 17.0. The molecule has 0 aromatic rings. The molecule has 0 aliphatic heterocycles. The number of allylic oxidation sites excluding steroid dienone is 2. The number of unbranched alkanes of at least 4 members (excludes halogenated alkanes) is 2. The molecule has 0 spiro atoms. The maximum Gasteiger partial charge on any atom is 0.122 e. The summed E-state index contributed by atoms with van der Waals surface area (Å²) in [5.74, 6) is 0. The van der Waals surface area contributed by atoms with E-state index in [0.717, 1.165) is 0 Å². The van der Waals surface area contributed by atoms with Crippen molar-refractivity contribution >= 4 is 17.8 Å². The van der Waals surface area contributed by atoms with Gasteiger partial charge in [0.2, 0.25) is 0 Å². The first-order valence-corrected chi connectivity index (χ1v) is 13.7. The van der Waals surface area contributed by atoms with Crippen molar-refractivity contribution in [3.05, 3.63) is 11.3 Å². The molecule has 0 unspecified atom stereocenters. The summed E-state index contributed by atoms with van der Waals surface area (Å²) in [6.07, 6.45) is 9.23. The molecule has 0 aliphatic rings. The SMILES string of the molecule is CC=C(C)[SiH2]CCC[Si](C)(C)N(CCCC)CCCC. The van der Waals surface area contributed by atoms with Gasteiger partial charge in [-0.1, -0.05) is 63.5 Å². The van der Waals surface area contributed by atoms with Crippen LogP contribution in [0.2, 0.25) is 25.2 Å². The van der Waals surface area contributed by atoms with E-state index in [9.17, 15) is 0 Å². The Bertz CT molecular complexity index is 254. The van der Waals surface area contributed by atoms with E-state index in [1.165, 1.54) is 57.3 Å². The summed E-state index contributed by atoms with van der Waals surface area (Å²) in [4.78, 5) is 0. The highest BCUT2D eigenvalue weighted by Gasteiger charge is 2.27. The maximum atomic E-state index is 2.89. The zero-order chi connectivity index (χ0) is 15.4. The first-order valence-electron chi connectivity index (χ1n) is 8.84. The second kappa shape index (κ2) is 11.8. The lowest BCUT2D eigenvalue weighted by Gasteiger charge is -2.37. The van der Waals surface area contributed by atoms with Gasteiger partial charge in [-0.25, -0.2) is 0 Å². The summed E-state index contributed by atoms with van der Waals surface area (Å²) in [5.41, 5.74) is 0. The molecule has 0 fully saturated rings. The van der Waals surface area contributed by atoms with Crippen LogP contribution in [0.5, 0.6) is 0 Å². The summed E-state index contributed by atoms with van der Waals surface area (Å²) in [7, 11) is -1.08. The molecule has 0 aliphatic carbocycles. The topological polar surface area (TPSA) is 3.24 Å². The Morgan fingerprint density at radius 3 is 2.05 bits per heavy atom. The van der Waals surface area contributed by atoms with Gasteiger partial charge in [0.1, 0.15) is 8.24 Å². The minimum atomic E-state index is -1.15. The Morgan fingerprint density at radius 1 is 1.05 bits per heavy atom. The highest BCUT2D eigenvalue weighted by atomic mass is 28.3. The van der Waals surface area contributed by atoms with Gasteiger partial charge in [-0.15, -0.1) is 0 Å². The van der Waals surface area contributed by atoms with E-state index in [2.05, 4.69) is 51.4 Å². The molecule has 120 valence electrons. The fourth-order valence-electron chi connectivity index (χ4n) is 2.68. The van der Waals surface area contributed by atoms with Crippen molar-refractivity contribution in [3.63, 3.8) is 0 Å². The third kappa shape index (κ3) is 9.14. The molecule has 0 radical (unpaired) electrons. The third-order valence-electron chi connectivity index (χ3n) is 4.52. The highest BCUT2D eigenvalue weighted by molar-refractivity contribution is 6.74. The second-order valence-electron chi connectivity index (χ2n) is 6.85. The summed E-state index contributed by atoms with van der Waals surface area (Å²) >= 11 is 0. The summed E-state index contributed by atoms with van der Waals surface area (Å²) in [6, 6.07) is 3.02. The van der Waals surface area contributed by atoms with Gasteiger partial charge in [0.15, 0.2) is 0 Å². The van der Waals surface area contributed by atoms with Crippen molar-refractivity contribution < 1.29 is 0 Å². The molecule has 0 aromatic carbocycles. The largest absolute Gasteiger partial charge is 0.324 e. The number of hydrogen-bond acceptors (Lipinski definition) is 1. The average molecular weight is 314 g/mol. The predicted molar refractivity (Wildman–Crippen MR) is 101 cm³/mol. The van der Waals surface area contributed by atoms with Gasteiger partial charge in [0.25, 0.3) is 0 Å². The molecule has 3 heteroatoms. The van der Waals surface area contributed by atoms with Crippen LogP contribution in [0.25, 0.3) is 0 Å². The van der Waals surface area contributed by atoms with E-state index in [1.807, 2.05) is 0 Å². The Morgan fingerprint density at radius 2 is 1.60 bits per heavy atom. The zero-order valence-corrected chi connectivity index (χ0v) is 17.5. The minimum Gasteiger partial charge on any atom is -0.324 e. The van der Waals surface area contributed by atoms with Gasteiger partial charge in [-0.05, 0) is 45.8 Å². The molecule has 0 atom stereocenters. The van der Waals surface area contributed by atoms with E-state index in [0.29, 0.717) is 0 Å². The lowest BCUT2D eigenvalue weighted by Crippen LogP contribution is -2.49. The van der Waals surface area contributed by atoms with Crippen molar-refractivity contribution in [1.82, 2.24) is 4.57 Å². The molecular weight excluding hydrogens is 274 g/mol. The lowest BCUT2D eigenvalue weighted by molar-refractivity contribution is 0.398. The van der Waals surface area contributed by atoms with E-state index < -0.39 is 8.24 Å². The molecule has 0 bridgehead atoms. The van der Waals surface area contributed by atoms with E-state index in [4.69, 9.17) is 0 Å². The van der Waals surface area contributed by atoms with Gasteiger partial charge in [-0.2, -0.15) is 0 Å². The number of rotatable bonds is 12. The van der Waals surface area contributed by atoms with Crippen LogP contribution in [0, 0.1) is 0 Å². The van der Waals surface area contributed by atoms with Gasteiger partial charge >= 0.3 is 0 Å². The molecule has 1 nitrogen and oxygen atoms in total. The molecule has 20 heavy (non-hydrogen) atoms. The predicted octanol–water partition coefficient (Wildman–Crippen LogP) is 4.99. The summed E-state index contributed by atoms with van der Waals surface area (Å²) < 4.78 is 2.89. The van der Waals surface area contributed by atoms with Crippen LogP contribution < -0.4 is 0 Å². The fraction of sp³-hybridized carbons (Fsp3) is 0.882. The Kier molecular flexibility index (Phi) is 11.8. The smallest absolute Gasteiger partial charge is 0.122 e. The van der Waals surface area contributed by atoms with Crippen molar-refractivity contribution in [3.8, 4) is 0 Å². The second-order valence-corrected chi connectivity index (χ2v) is 13.9. The molecule has 0 aromatic heterocycles.